The molecule has 0 aliphatic carbocycles. The monoisotopic (exact) mass is 449 g/mol. The fraction of sp³-hybridized carbons (Fsp3) is 0.250. The number of hydrogen-bond donors (Lipinski definition) is 3. The topological polar surface area (TPSA) is 129 Å². The Morgan fingerprint density at radius 2 is 1.91 bits per heavy atom. The molecule has 1 saturated heterocycles. The minimum Gasteiger partial charge on any atom is -0.489 e. The fourth-order valence-electron chi connectivity index (χ4n) is 3.90. The van der Waals surface area contributed by atoms with Crippen LogP contribution in [0.25, 0.3) is 10.9 Å². The van der Waals surface area contributed by atoms with Crippen LogP contribution in [-0.4, -0.2) is 50.7 Å². The first kappa shape index (κ1) is 22.2. The quantitative estimate of drug-likeness (QED) is 0.493. The molecule has 2 atom stereocenters. The van der Waals surface area contributed by atoms with Crippen LogP contribution < -0.4 is 10.1 Å². The van der Waals surface area contributed by atoms with Gasteiger partial charge in [-0.3, -0.25) is 24.6 Å². The van der Waals surface area contributed by atoms with Gasteiger partial charge in [-0.1, -0.05) is 18.2 Å². The average Bonchev–Trinajstić information content (AvgIpc) is 2.80. The van der Waals surface area contributed by atoms with Gasteiger partial charge in [-0.15, -0.1) is 0 Å². The van der Waals surface area contributed by atoms with E-state index in [0.717, 1.165) is 22.2 Å². The van der Waals surface area contributed by atoms with Gasteiger partial charge in [-0.2, -0.15) is 0 Å². The van der Waals surface area contributed by atoms with E-state index < -0.39 is 29.7 Å². The van der Waals surface area contributed by atoms with Gasteiger partial charge in [0.15, 0.2) is 0 Å². The van der Waals surface area contributed by atoms with Crippen molar-refractivity contribution in [2.75, 3.05) is 6.54 Å². The number of carbonyl (C=O) groups is 3. The number of hydroxylamine groups is 2. The number of amides is 2. The lowest BCUT2D eigenvalue weighted by atomic mass is 9.91. The van der Waals surface area contributed by atoms with Crippen LogP contribution in [0.5, 0.6) is 5.75 Å². The van der Waals surface area contributed by atoms with Gasteiger partial charge in [0.2, 0.25) is 0 Å². The Kier molecular flexibility index (Phi) is 6.23. The molecule has 2 heterocycles. The number of hydrogen-bond acceptors (Lipinski definition) is 6. The Balaban J connectivity index is 1.44. The Bertz CT molecular complexity index is 1210. The van der Waals surface area contributed by atoms with Crippen molar-refractivity contribution in [3.63, 3.8) is 0 Å². The van der Waals surface area contributed by atoms with Crippen molar-refractivity contribution in [3.8, 4) is 5.75 Å². The molecule has 0 radical (unpaired) electrons. The van der Waals surface area contributed by atoms with E-state index in [1.54, 1.807) is 12.1 Å². The van der Waals surface area contributed by atoms with Crippen molar-refractivity contribution < 1.29 is 29.4 Å². The molecule has 3 N–H and O–H groups in total. The van der Waals surface area contributed by atoms with E-state index in [1.807, 2.05) is 37.3 Å². The van der Waals surface area contributed by atoms with E-state index in [0.29, 0.717) is 17.4 Å². The zero-order chi connectivity index (χ0) is 23.5. The summed E-state index contributed by atoms with van der Waals surface area (Å²) in [4.78, 5) is 40.7. The molecular weight excluding hydrogens is 426 g/mol. The molecule has 4 rings (SSSR count). The van der Waals surface area contributed by atoms with Gasteiger partial charge in [-0.25, -0.2) is 5.06 Å². The van der Waals surface area contributed by atoms with Gasteiger partial charge in [-0.05, 0) is 49.7 Å². The molecule has 9 nitrogen and oxygen atoms in total. The number of pyridine rings is 1. The molecule has 1 aromatic heterocycles. The van der Waals surface area contributed by atoms with Crippen LogP contribution >= 0.6 is 0 Å². The maximum Gasteiger partial charge on any atom is 0.309 e. The first-order valence-corrected chi connectivity index (χ1v) is 10.5. The minimum absolute atomic E-state index is 0.0401. The van der Waals surface area contributed by atoms with Crippen molar-refractivity contribution in [1.29, 1.82) is 0 Å². The van der Waals surface area contributed by atoms with Crippen molar-refractivity contribution in [3.05, 3.63) is 71.4 Å². The number of aromatic nitrogens is 1. The van der Waals surface area contributed by atoms with Crippen LogP contribution in [0.4, 0.5) is 0 Å². The molecule has 3 aromatic rings. The number of fused-ring (bicyclic) bond motifs is 1. The number of para-hydroxylation sites is 1. The summed E-state index contributed by atoms with van der Waals surface area (Å²) in [6.07, 6.45) is 0.0401. The van der Waals surface area contributed by atoms with Crippen LogP contribution in [0.2, 0.25) is 0 Å². The molecule has 2 amide bonds. The number of carboxylic acid groups (broad SMARTS) is 1. The van der Waals surface area contributed by atoms with E-state index in [-0.39, 0.29) is 18.5 Å². The summed E-state index contributed by atoms with van der Waals surface area (Å²) in [5, 5.41) is 22.8. The normalized spacial score (nSPS) is 18.2. The fourth-order valence-corrected chi connectivity index (χ4v) is 3.90. The summed E-state index contributed by atoms with van der Waals surface area (Å²) >= 11 is 0. The second-order valence-corrected chi connectivity index (χ2v) is 7.90. The molecule has 1 aliphatic rings. The smallest absolute Gasteiger partial charge is 0.309 e. The molecule has 33 heavy (non-hydrogen) atoms. The van der Waals surface area contributed by atoms with Crippen LogP contribution in [0.3, 0.4) is 0 Å². The molecule has 0 saturated carbocycles. The second-order valence-electron chi connectivity index (χ2n) is 7.90. The third kappa shape index (κ3) is 4.78. The van der Waals surface area contributed by atoms with Gasteiger partial charge in [0.1, 0.15) is 18.4 Å². The first-order chi connectivity index (χ1) is 15.8. The van der Waals surface area contributed by atoms with Gasteiger partial charge in [0.05, 0.1) is 11.4 Å². The summed E-state index contributed by atoms with van der Waals surface area (Å²) < 4.78 is 5.89. The lowest BCUT2D eigenvalue weighted by molar-refractivity contribution is -0.179. The lowest BCUT2D eigenvalue weighted by Gasteiger charge is -2.32. The highest BCUT2D eigenvalue weighted by Crippen LogP contribution is 2.22. The predicted octanol–water partition coefficient (Wildman–Crippen LogP) is 2.54. The highest BCUT2D eigenvalue weighted by Gasteiger charge is 2.41. The molecular formula is C24H23N3O6. The second kappa shape index (κ2) is 9.25. The van der Waals surface area contributed by atoms with E-state index in [1.165, 1.54) is 12.1 Å². The standard InChI is InChI=1S/C24H23N3O6/c1-14-12-16(18-4-2-3-5-20(18)25-14)13-33-17-8-6-15(7-9-17)22(28)26-21-19(24(30)31)10-11-27(32)23(21)29/h2-9,12,19,21,32H,10-11,13H2,1H3,(H,26,28)(H,30,31)/t19-,21-/m0/s1. The summed E-state index contributed by atoms with van der Waals surface area (Å²) in [6.45, 7) is 2.14. The third-order valence-corrected chi connectivity index (χ3v) is 5.62. The van der Waals surface area contributed by atoms with Gasteiger partial charge >= 0.3 is 5.97 Å². The van der Waals surface area contributed by atoms with Crippen LogP contribution in [0.1, 0.15) is 28.0 Å². The van der Waals surface area contributed by atoms with E-state index in [9.17, 15) is 24.7 Å². The zero-order valence-electron chi connectivity index (χ0n) is 17.9. The maximum atomic E-state index is 12.6. The molecule has 1 fully saturated rings. The average molecular weight is 449 g/mol. The number of rotatable bonds is 6. The molecule has 0 bridgehead atoms. The van der Waals surface area contributed by atoms with E-state index in [4.69, 9.17) is 4.74 Å². The number of carbonyl (C=O) groups excluding carboxylic acids is 2. The maximum absolute atomic E-state index is 12.6. The summed E-state index contributed by atoms with van der Waals surface area (Å²) in [5.74, 6) is -3.22. The Hall–Kier alpha value is -3.98. The molecule has 170 valence electrons. The van der Waals surface area contributed by atoms with E-state index in [2.05, 4.69) is 10.3 Å². The highest BCUT2D eigenvalue weighted by molar-refractivity contribution is 5.99. The number of carboxylic acids is 1. The third-order valence-electron chi connectivity index (χ3n) is 5.62. The molecule has 2 aromatic carbocycles. The van der Waals surface area contributed by atoms with Crippen molar-refractivity contribution in [1.82, 2.24) is 15.4 Å². The number of ether oxygens (including phenoxy) is 1. The van der Waals surface area contributed by atoms with Crippen LogP contribution in [0.15, 0.2) is 54.6 Å². The number of aliphatic carboxylic acids is 1. The number of nitrogens with one attached hydrogen (secondary N) is 1. The Morgan fingerprint density at radius 3 is 2.64 bits per heavy atom. The predicted molar refractivity (Wildman–Crippen MR) is 118 cm³/mol. The first-order valence-electron chi connectivity index (χ1n) is 10.5. The SMILES string of the molecule is Cc1cc(COc2ccc(C(=O)N[C@@H]3C(=O)N(O)CC[C@@H]3C(=O)O)cc2)c2ccccc2n1. The molecule has 0 spiro atoms. The van der Waals surface area contributed by atoms with E-state index >= 15 is 0 Å². The molecule has 1 aliphatic heterocycles. The van der Waals surface area contributed by atoms with Gasteiger partial charge < -0.3 is 15.2 Å². The number of benzene rings is 2. The van der Waals surface area contributed by atoms with Gasteiger partial charge in [0.25, 0.3) is 11.8 Å². The lowest BCUT2D eigenvalue weighted by Crippen LogP contribution is -2.57. The van der Waals surface area contributed by atoms with Crippen molar-refractivity contribution in [2.45, 2.75) is 26.0 Å². The zero-order valence-corrected chi connectivity index (χ0v) is 17.9. The number of nitrogens with zero attached hydrogens (tertiary/aromatic N) is 2. The number of aryl methyl sites for hydroxylation is 1. The van der Waals surface area contributed by atoms with Crippen LogP contribution in [0, 0.1) is 12.8 Å². The van der Waals surface area contributed by atoms with Crippen LogP contribution in [-0.2, 0) is 16.2 Å². The number of piperidine rings is 1. The Labute approximate surface area is 189 Å². The largest absolute Gasteiger partial charge is 0.489 e. The molecule has 0 unspecified atom stereocenters. The molecule has 9 heteroatoms. The van der Waals surface area contributed by atoms with Crippen molar-refractivity contribution >= 4 is 28.7 Å². The highest BCUT2D eigenvalue weighted by atomic mass is 16.5. The van der Waals surface area contributed by atoms with Gasteiger partial charge in [0, 0.05) is 28.8 Å². The summed E-state index contributed by atoms with van der Waals surface area (Å²) in [7, 11) is 0. The summed E-state index contributed by atoms with van der Waals surface area (Å²) in [5.41, 5.74) is 3.00. The minimum atomic E-state index is -1.34. The summed E-state index contributed by atoms with van der Waals surface area (Å²) in [6, 6.07) is 14.7. The Morgan fingerprint density at radius 1 is 1.18 bits per heavy atom. The van der Waals surface area contributed by atoms with Crippen molar-refractivity contribution in [2.24, 2.45) is 5.92 Å².